The van der Waals surface area contributed by atoms with Crippen LogP contribution in [0, 0.1) is 13.8 Å². The van der Waals surface area contributed by atoms with Gasteiger partial charge in [0, 0.05) is 33.1 Å². The van der Waals surface area contributed by atoms with Crippen molar-refractivity contribution in [3.8, 4) is 0 Å². The minimum Gasteiger partial charge on any atom is -0.354 e. The van der Waals surface area contributed by atoms with Gasteiger partial charge < -0.3 is 5.32 Å². The van der Waals surface area contributed by atoms with Crippen LogP contribution in [0.1, 0.15) is 16.7 Å². The second-order valence-electron chi connectivity index (χ2n) is 7.84. The predicted octanol–water partition coefficient (Wildman–Crippen LogP) is 6.51. The molecule has 186 valence electrons. The Hall–Kier alpha value is -1.90. The van der Waals surface area contributed by atoms with Crippen molar-refractivity contribution in [3.63, 3.8) is 0 Å². The highest BCUT2D eigenvalue weighted by Crippen LogP contribution is 2.28. The monoisotopic (exact) mass is 570 g/mol. The fourth-order valence-corrected chi connectivity index (χ4v) is 6.36. The number of rotatable bonds is 10. The van der Waals surface area contributed by atoms with Gasteiger partial charge >= 0.3 is 0 Å². The predicted molar refractivity (Wildman–Crippen MR) is 148 cm³/mol. The molecule has 35 heavy (non-hydrogen) atoms. The Kier molecular flexibility index (Phi) is 9.78. The largest absolute Gasteiger partial charge is 0.354 e. The van der Waals surface area contributed by atoms with Gasteiger partial charge in [-0.2, -0.15) is 11.8 Å². The molecule has 0 aliphatic heterocycles. The Labute approximate surface area is 225 Å². The van der Waals surface area contributed by atoms with Gasteiger partial charge in [-0.1, -0.05) is 46.9 Å². The summed E-state index contributed by atoms with van der Waals surface area (Å²) < 4.78 is 28.0. The van der Waals surface area contributed by atoms with Gasteiger partial charge in [0.15, 0.2) is 0 Å². The zero-order chi connectivity index (χ0) is 25.6. The highest BCUT2D eigenvalue weighted by molar-refractivity contribution is 7.98. The van der Waals surface area contributed by atoms with Crippen molar-refractivity contribution >= 4 is 68.2 Å². The topological polar surface area (TPSA) is 66.5 Å². The Morgan fingerprint density at radius 2 is 1.60 bits per heavy atom. The third-order valence-corrected chi connectivity index (χ3v) is 9.08. The summed E-state index contributed by atoms with van der Waals surface area (Å²) >= 11 is 19.9. The Morgan fingerprint density at radius 1 is 0.943 bits per heavy atom. The first-order valence-corrected chi connectivity index (χ1v) is 14.5. The first-order valence-electron chi connectivity index (χ1n) is 10.7. The van der Waals surface area contributed by atoms with Gasteiger partial charge in [-0.25, -0.2) is 8.42 Å². The number of halogens is 3. The molecule has 0 saturated carbocycles. The second-order valence-corrected chi connectivity index (χ2v) is 12.1. The van der Waals surface area contributed by atoms with Crippen LogP contribution < -0.4 is 9.62 Å². The molecule has 0 aliphatic rings. The van der Waals surface area contributed by atoms with E-state index in [1.54, 1.807) is 42.1 Å². The third-order valence-electron chi connectivity index (χ3n) is 5.34. The lowest BCUT2D eigenvalue weighted by atomic mass is 10.1. The fraction of sp³-hybridized carbons (Fsp3) is 0.240. The van der Waals surface area contributed by atoms with Crippen LogP contribution in [0.15, 0.2) is 65.6 Å². The minimum absolute atomic E-state index is 0.0557. The quantitative estimate of drug-likeness (QED) is 0.282. The van der Waals surface area contributed by atoms with Crippen molar-refractivity contribution in [2.45, 2.75) is 24.5 Å². The van der Waals surface area contributed by atoms with Crippen molar-refractivity contribution in [2.24, 2.45) is 0 Å². The van der Waals surface area contributed by atoms with E-state index in [0.717, 1.165) is 21.0 Å². The molecule has 0 atom stereocenters. The van der Waals surface area contributed by atoms with Gasteiger partial charge in [-0.15, -0.1) is 0 Å². The second kappa shape index (κ2) is 12.4. The number of thioether (sulfide) groups is 1. The Morgan fingerprint density at radius 3 is 2.23 bits per heavy atom. The van der Waals surface area contributed by atoms with E-state index in [0.29, 0.717) is 38.8 Å². The van der Waals surface area contributed by atoms with E-state index in [9.17, 15) is 13.2 Å². The zero-order valence-electron chi connectivity index (χ0n) is 19.2. The fourth-order valence-electron chi connectivity index (χ4n) is 3.22. The van der Waals surface area contributed by atoms with Crippen LogP contribution in [0.4, 0.5) is 5.69 Å². The van der Waals surface area contributed by atoms with Crippen molar-refractivity contribution in [1.82, 2.24) is 5.32 Å². The highest BCUT2D eigenvalue weighted by Gasteiger charge is 2.27. The average molecular weight is 572 g/mol. The SMILES string of the molecule is Cc1ccc(N(CC(=O)NCCSCc2c(Cl)cccc2Cl)S(=O)(=O)c2ccc(Cl)cc2)cc1C. The summed E-state index contributed by atoms with van der Waals surface area (Å²) in [5.41, 5.74) is 3.22. The van der Waals surface area contributed by atoms with E-state index < -0.39 is 15.9 Å². The molecule has 0 saturated heterocycles. The molecule has 0 heterocycles. The van der Waals surface area contributed by atoms with Crippen LogP contribution in [-0.4, -0.2) is 33.2 Å². The lowest BCUT2D eigenvalue weighted by Gasteiger charge is -2.25. The maximum atomic E-state index is 13.4. The van der Waals surface area contributed by atoms with E-state index >= 15 is 0 Å². The number of amides is 1. The molecule has 3 aromatic rings. The number of nitrogens with zero attached hydrogens (tertiary/aromatic N) is 1. The first-order chi connectivity index (χ1) is 16.6. The van der Waals surface area contributed by atoms with E-state index in [2.05, 4.69) is 5.32 Å². The van der Waals surface area contributed by atoms with Gasteiger partial charge in [0.25, 0.3) is 10.0 Å². The maximum absolute atomic E-state index is 13.4. The lowest BCUT2D eigenvalue weighted by molar-refractivity contribution is -0.119. The summed E-state index contributed by atoms with van der Waals surface area (Å²) in [6, 6.07) is 16.5. The first kappa shape index (κ1) is 27.7. The van der Waals surface area contributed by atoms with Gasteiger partial charge in [0.1, 0.15) is 6.54 Å². The van der Waals surface area contributed by atoms with Crippen LogP contribution >= 0.6 is 46.6 Å². The number of benzene rings is 3. The summed E-state index contributed by atoms with van der Waals surface area (Å²) in [7, 11) is -4.00. The molecule has 10 heteroatoms. The molecule has 0 aromatic heterocycles. The van der Waals surface area contributed by atoms with Gasteiger partial charge in [-0.05, 0) is 79.1 Å². The Balaban J connectivity index is 1.68. The normalized spacial score (nSPS) is 11.3. The molecule has 1 N–H and O–H groups in total. The number of hydrogen-bond donors (Lipinski definition) is 1. The number of sulfonamides is 1. The molecule has 0 spiro atoms. The minimum atomic E-state index is -4.00. The number of hydrogen-bond acceptors (Lipinski definition) is 4. The van der Waals surface area contributed by atoms with Gasteiger partial charge in [-0.3, -0.25) is 9.10 Å². The Bertz CT molecular complexity index is 1280. The van der Waals surface area contributed by atoms with E-state index in [4.69, 9.17) is 34.8 Å². The molecule has 0 aliphatic carbocycles. The summed E-state index contributed by atoms with van der Waals surface area (Å²) in [5, 5.41) is 4.43. The molecule has 1 amide bonds. The summed E-state index contributed by atoms with van der Waals surface area (Å²) in [6.45, 7) is 3.85. The van der Waals surface area contributed by atoms with Crippen LogP contribution in [0.5, 0.6) is 0 Å². The highest BCUT2D eigenvalue weighted by atomic mass is 35.5. The van der Waals surface area contributed by atoms with E-state index in [1.165, 1.54) is 24.3 Å². The van der Waals surface area contributed by atoms with Crippen molar-refractivity contribution in [2.75, 3.05) is 23.1 Å². The summed E-state index contributed by atoms with van der Waals surface area (Å²) in [4.78, 5) is 12.8. The molecule has 0 fully saturated rings. The molecule has 0 unspecified atom stereocenters. The van der Waals surface area contributed by atoms with Crippen molar-refractivity contribution < 1.29 is 13.2 Å². The molecule has 3 rings (SSSR count). The summed E-state index contributed by atoms with van der Waals surface area (Å²) in [6.07, 6.45) is 0. The lowest BCUT2D eigenvalue weighted by Crippen LogP contribution is -2.41. The standard InChI is InChI=1S/C25H25Cl3N2O3S2/c1-17-6-9-20(14-18(17)2)30(35(32,33)21-10-7-19(26)8-11-21)15-25(31)29-12-13-34-16-22-23(27)4-3-5-24(22)28/h3-11,14H,12-13,15-16H2,1-2H3,(H,29,31). The van der Waals surface area contributed by atoms with Crippen LogP contribution in [0.3, 0.4) is 0 Å². The molecule has 0 bridgehead atoms. The van der Waals surface area contributed by atoms with Gasteiger partial charge in [0.05, 0.1) is 10.6 Å². The smallest absolute Gasteiger partial charge is 0.264 e. The molecular formula is C25H25Cl3N2O3S2. The van der Waals surface area contributed by atoms with Crippen LogP contribution in [-0.2, 0) is 20.6 Å². The van der Waals surface area contributed by atoms with Gasteiger partial charge in [0.2, 0.25) is 5.91 Å². The summed E-state index contributed by atoms with van der Waals surface area (Å²) in [5.74, 6) is 0.812. The zero-order valence-corrected chi connectivity index (χ0v) is 23.1. The maximum Gasteiger partial charge on any atom is 0.264 e. The van der Waals surface area contributed by atoms with Crippen molar-refractivity contribution in [1.29, 1.82) is 0 Å². The third kappa shape index (κ3) is 7.30. The molecule has 5 nitrogen and oxygen atoms in total. The average Bonchev–Trinajstić information content (AvgIpc) is 2.81. The van der Waals surface area contributed by atoms with E-state index in [1.807, 2.05) is 19.9 Å². The molecule has 0 radical (unpaired) electrons. The number of aryl methyl sites for hydroxylation is 2. The number of carbonyl (C=O) groups is 1. The van der Waals surface area contributed by atoms with Crippen molar-refractivity contribution in [3.05, 3.63) is 92.4 Å². The number of carbonyl (C=O) groups excluding carboxylic acids is 1. The number of nitrogens with one attached hydrogen (secondary N) is 1. The number of anilines is 1. The van der Waals surface area contributed by atoms with E-state index in [-0.39, 0.29) is 11.4 Å². The van der Waals surface area contributed by atoms with Crippen LogP contribution in [0.2, 0.25) is 15.1 Å². The molecular weight excluding hydrogens is 547 g/mol. The van der Waals surface area contributed by atoms with Crippen LogP contribution in [0.25, 0.3) is 0 Å². The molecule has 3 aromatic carbocycles.